The topological polar surface area (TPSA) is 90.4 Å². The first-order chi connectivity index (χ1) is 9.08. The van der Waals surface area contributed by atoms with Gasteiger partial charge in [-0.05, 0) is 47.4 Å². The second-order valence-electron chi connectivity index (χ2n) is 4.15. The molecule has 0 aliphatic rings. The van der Waals surface area contributed by atoms with Crippen LogP contribution in [0.15, 0.2) is 22.7 Å². The highest BCUT2D eigenvalue weighted by atomic mass is 79.9. The Hall–Kier alpha value is -1.18. The van der Waals surface area contributed by atoms with Crippen LogP contribution in [0.1, 0.15) is 12.8 Å². The third-order valence-electron chi connectivity index (χ3n) is 2.64. The van der Waals surface area contributed by atoms with Gasteiger partial charge in [-0.25, -0.2) is 0 Å². The summed E-state index contributed by atoms with van der Waals surface area (Å²) in [6.45, 7) is 1.19. The molecule has 0 saturated carbocycles. The molecule has 1 unspecified atom stereocenters. The number of nitrogens with one attached hydrogen (secondary N) is 1. The Kier molecular flexibility index (Phi) is 6.75. The zero-order valence-corrected chi connectivity index (χ0v) is 12.4. The van der Waals surface area contributed by atoms with Gasteiger partial charge in [-0.15, -0.1) is 0 Å². The number of anilines is 1. The number of nitrogens with zero attached hydrogens (tertiary/aromatic N) is 1. The maximum Gasteiger partial charge on any atom is 0.283 e. The van der Waals surface area contributed by atoms with E-state index in [2.05, 4.69) is 21.2 Å². The molecular weight excluding hydrogens is 314 g/mol. The van der Waals surface area contributed by atoms with Gasteiger partial charge in [-0.2, -0.15) is 0 Å². The summed E-state index contributed by atoms with van der Waals surface area (Å²) in [5.74, 6) is 0. The van der Waals surface area contributed by atoms with Gasteiger partial charge in [0.05, 0.1) is 16.0 Å². The first-order valence-corrected chi connectivity index (χ1v) is 6.77. The molecule has 3 N–H and O–H groups in total. The maximum atomic E-state index is 10.7. The number of nitro groups is 1. The lowest BCUT2D eigenvalue weighted by Crippen LogP contribution is -2.25. The van der Waals surface area contributed by atoms with Crippen LogP contribution in [-0.4, -0.2) is 31.2 Å². The average Bonchev–Trinajstić information content (AvgIpc) is 2.36. The van der Waals surface area contributed by atoms with E-state index in [9.17, 15) is 10.1 Å². The molecule has 1 atom stereocenters. The largest absolute Gasteiger partial charge is 0.383 e. The minimum atomic E-state index is -0.422. The molecule has 6 nitrogen and oxygen atoms in total. The number of methoxy groups -OCH3 is 1. The van der Waals surface area contributed by atoms with Crippen LogP contribution in [0.4, 0.5) is 11.4 Å². The van der Waals surface area contributed by atoms with Crippen molar-refractivity contribution in [3.05, 3.63) is 32.8 Å². The first-order valence-electron chi connectivity index (χ1n) is 5.98. The van der Waals surface area contributed by atoms with Crippen LogP contribution >= 0.6 is 15.9 Å². The normalized spacial score (nSPS) is 12.2. The van der Waals surface area contributed by atoms with E-state index in [1.807, 2.05) is 0 Å². The maximum absolute atomic E-state index is 10.7. The number of ether oxygens (including phenoxy) is 1. The van der Waals surface area contributed by atoms with E-state index in [0.717, 1.165) is 18.5 Å². The molecule has 0 aliphatic carbocycles. The van der Waals surface area contributed by atoms with Crippen LogP contribution in [0.2, 0.25) is 0 Å². The summed E-state index contributed by atoms with van der Waals surface area (Å²) in [6.07, 6.45) is 1.79. The minimum absolute atomic E-state index is 0.0517. The number of rotatable bonds is 8. The summed E-state index contributed by atoms with van der Waals surface area (Å²) >= 11 is 3.20. The fraction of sp³-hybridized carbons (Fsp3) is 0.500. The molecule has 1 aromatic carbocycles. The predicted octanol–water partition coefficient (Wildman–Crippen LogP) is 2.52. The number of nitro benzene ring substituents is 1. The molecule has 0 spiro atoms. The van der Waals surface area contributed by atoms with Crippen molar-refractivity contribution in [2.75, 3.05) is 25.6 Å². The van der Waals surface area contributed by atoms with Crippen LogP contribution in [0.25, 0.3) is 0 Å². The summed E-state index contributed by atoms with van der Waals surface area (Å²) in [6, 6.07) is 5.00. The van der Waals surface area contributed by atoms with E-state index >= 15 is 0 Å². The minimum Gasteiger partial charge on any atom is -0.383 e. The van der Waals surface area contributed by atoms with Crippen LogP contribution in [0.3, 0.4) is 0 Å². The van der Waals surface area contributed by atoms with E-state index in [1.54, 1.807) is 19.2 Å². The zero-order chi connectivity index (χ0) is 14.3. The lowest BCUT2D eigenvalue weighted by atomic mass is 10.1. The van der Waals surface area contributed by atoms with Gasteiger partial charge in [0.25, 0.3) is 5.69 Å². The van der Waals surface area contributed by atoms with Crippen molar-refractivity contribution in [1.82, 2.24) is 0 Å². The fourth-order valence-corrected chi connectivity index (χ4v) is 2.27. The number of hydrogen-bond donors (Lipinski definition) is 2. The first kappa shape index (κ1) is 15.9. The predicted molar refractivity (Wildman–Crippen MR) is 78.4 cm³/mol. The van der Waals surface area contributed by atoms with Crippen LogP contribution in [0.5, 0.6) is 0 Å². The molecule has 7 heteroatoms. The second-order valence-corrected chi connectivity index (χ2v) is 5.01. The molecule has 0 heterocycles. The van der Waals surface area contributed by atoms with Gasteiger partial charge in [0.15, 0.2) is 0 Å². The van der Waals surface area contributed by atoms with Crippen LogP contribution < -0.4 is 11.1 Å². The molecule has 0 fully saturated rings. The second kappa shape index (κ2) is 8.08. The average molecular weight is 332 g/mol. The standard InChI is InChI=1S/C12H18BrN3O3/c1-19-8-10(3-2-6-14)15-9-4-5-12(16(17)18)11(13)7-9/h4-5,7,10,15H,2-3,6,8,14H2,1H3. The molecule has 19 heavy (non-hydrogen) atoms. The Labute approximate surface area is 120 Å². The Morgan fingerprint density at radius 2 is 2.32 bits per heavy atom. The van der Waals surface area contributed by atoms with Crippen molar-refractivity contribution >= 4 is 27.3 Å². The summed E-state index contributed by atoms with van der Waals surface area (Å²) in [4.78, 5) is 10.3. The van der Waals surface area contributed by atoms with E-state index in [4.69, 9.17) is 10.5 Å². The van der Waals surface area contributed by atoms with Crippen molar-refractivity contribution in [1.29, 1.82) is 0 Å². The van der Waals surface area contributed by atoms with Gasteiger partial charge in [0.1, 0.15) is 0 Å². The lowest BCUT2D eigenvalue weighted by Gasteiger charge is -2.19. The third-order valence-corrected chi connectivity index (χ3v) is 3.27. The lowest BCUT2D eigenvalue weighted by molar-refractivity contribution is -0.385. The summed E-state index contributed by atoms with van der Waals surface area (Å²) in [7, 11) is 1.64. The molecule has 0 aromatic heterocycles. The van der Waals surface area contributed by atoms with Gasteiger partial charge in [-0.3, -0.25) is 10.1 Å². The molecule has 106 valence electrons. The zero-order valence-electron chi connectivity index (χ0n) is 10.8. The third kappa shape index (κ3) is 5.14. The van der Waals surface area contributed by atoms with E-state index < -0.39 is 4.92 Å². The van der Waals surface area contributed by atoms with E-state index in [0.29, 0.717) is 17.6 Å². The van der Waals surface area contributed by atoms with Crippen molar-refractivity contribution in [2.45, 2.75) is 18.9 Å². The highest BCUT2D eigenvalue weighted by molar-refractivity contribution is 9.10. The highest BCUT2D eigenvalue weighted by Gasteiger charge is 2.13. The summed E-state index contributed by atoms with van der Waals surface area (Å²) < 4.78 is 5.60. The van der Waals surface area contributed by atoms with Gasteiger partial charge in [0, 0.05) is 24.9 Å². The molecule has 0 bridgehead atoms. The molecule has 0 saturated heterocycles. The molecule has 1 rings (SSSR count). The molecule has 0 aliphatic heterocycles. The van der Waals surface area contributed by atoms with Crippen LogP contribution in [0, 0.1) is 10.1 Å². The monoisotopic (exact) mass is 331 g/mol. The number of hydrogen-bond acceptors (Lipinski definition) is 5. The quantitative estimate of drug-likeness (QED) is 0.564. The van der Waals surface area contributed by atoms with Crippen molar-refractivity contribution < 1.29 is 9.66 Å². The number of benzene rings is 1. The highest BCUT2D eigenvalue weighted by Crippen LogP contribution is 2.28. The van der Waals surface area contributed by atoms with Crippen molar-refractivity contribution in [3.63, 3.8) is 0 Å². The summed E-state index contributed by atoms with van der Waals surface area (Å²) in [5, 5.41) is 14.0. The molecule has 0 amide bonds. The Bertz CT molecular complexity index is 429. The molecular formula is C12H18BrN3O3. The Morgan fingerprint density at radius 3 is 2.84 bits per heavy atom. The number of halogens is 1. The molecule has 1 aromatic rings. The van der Waals surface area contributed by atoms with E-state index in [-0.39, 0.29) is 11.7 Å². The van der Waals surface area contributed by atoms with E-state index in [1.165, 1.54) is 6.07 Å². The van der Waals surface area contributed by atoms with Gasteiger partial charge < -0.3 is 15.8 Å². The van der Waals surface area contributed by atoms with Gasteiger partial charge in [-0.1, -0.05) is 0 Å². The Morgan fingerprint density at radius 1 is 1.58 bits per heavy atom. The van der Waals surface area contributed by atoms with Gasteiger partial charge in [0.2, 0.25) is 0 Å². The smallest absolute Gasteiger partial charge is 0.283 e. The molecule has 0 radical (unpaired) electrons. The van der Waals surface area contributed by atoms with Crippen molar-refractivity contribution in [3.8, 4) is 0 Å². The van der Waals surface area contributed by atoms with Crippen LogP contribution in [-0.2, 0) is 4.74 Å². The van der Waals surface area contributed by atoms with Crippen molar-refractivity contribution in [2.24, 2.45) is 5.73 Å². The fourth-order valence-electron chi connectivity index (χ4n) is 1.74. The number of nitrogens with two attached hydrogens (primary N) is 1. The Balaban J connectivity index is 2.73. The SMILES string of the molecule is COCC(CCCN)Nc1ccc([N+](=O)[O-])c(Br)c1. The van der Waals surface area contributed by atoms with Gasteiger partial charge >= 0.3 is 0 Å². The summed E-state index contributed by atoms with van der Waals surface area (Å²) in [5.41, 5.74) is 6.36.